The highest BCUT2D eigenvalue weighted by Crippen LogP contribution is 2.32. The van der Waals surface area contributed by atoms with Crippen molar-refractivity contribution >= 4 is 56.8 Å². The number of halogens is 1. The summed E-state index contributed by atoms with van der Waals surface area (Å²) in [6, 6.07) is 2.00. The molecule has 2 rings (SSSR count). The second kappa shape index (κ2) is 4.60. The number of nitrogens with zero attached hydrogens (tertiary/aromatic N) is 1. The van der Waals surface area contributed by atoms with Crippen LogP contribution in [0, 0.1) is 6.92 Å². The minimum atomic E-state index is -1.01. The van der Waals surface area contributed by atoms with Gasteiger partial charge in [-0.2, -0.15) is 4.40 Å². The predicted octanol–water partition coefficient (Wildman–Crippen LogP) is 2.85. The lowest BCUT2D eigenvalue weighted by molar-refractivity contribution is -0.129. The summed E-state index contributed by atoms with van der Waals surface area (Å²) in [5.41, 5.74) is 1.96. The molecule has 0 saturated heterocycles. The van der Waals surface area contributed by atoms with E-state index in [1.54, 1.807) is 11.3 Å². The van der Waals surface area contributed by atoms with Gasteiger partial charge in [0.25, 0.3) is 0 Å². The maximum atomic E-state index is 10.8. The second-order valence-electron chi connectivity index (χ2n) is 3.10. The van der Waals surface area contributed by atoms with E-state index in [9.17, 15) is 4.79 Å². The number of carboxylic acids is 1. The molecule has 1 aliphatic heterocycles. The molecule has 4 nitrogen and oxygen atoms in total. The molecular weight excluding hydrogens is 312 g/mol. The molecule has 1 aromatic heterocycles. The fourth-order valence-electron chi connectivity index (χ4n) is 1.13. The molecule has 7 heteroatoms. The van der Waals surface area contributed by atoms with E-state index < -0.39 is 5.97 Å². The maximum absolute atomic E-state index is 10.8. The first-order valence-electron chi connectivity index (χ1n) is 4.29. The first-order valence-corrected chi connectivity index (χ1v) is 6.67. The van der Waals surface area contributed by atoms with E-state index in [4.69, 9.17) is 5.11 Å². The normalized spacial score (nSPS) is 15.1. The lowest BCUT2D eigenvalue weighted by Gasteiger charge is -2.10. The van der Waals surface area contributed by atoms with Gasteiger partial charge in [0, 0.05) is 0 Å². The van der Waals surface area contributed by atoms with Crippen molar-refractivity contribution in [3.8, 4) is 0 Å². The first-order chi connectivity index (χ1) is 7.58. The molecule has 0 aliphatic carbocycles. The zero-order valence-corrected chi connectivity index (χ0v) is 11.4. The van der Waals surface area contributed by atoms with Crippen molar-refractivity contribution < 1.29 is 9.90 Å². The van der Waals surface area contributed by atoms with E-state index >= 15 is 0 Å². The summed E-state index contributed by atoms with van der Waals surface area (Å²) < 4.78 is 7.80. The number of rotatable bonds is 2. The molecule has 0 fully saturated rings. The largest absolute Gasteiger partial charge is 0.476 e. The van der Waals surface area contributed by atoms with Crippen LogP contribution < -0.4 is 4.72 Å². The van der Waals surface area contributed by atoms with Crippen LogP contribution in [0.3, 0.4) is 0 Å². The fourth-order valence-corrected chi connectivity index (χ4v) is 3.24. The predicted molar refractivity (Wildman–Crippen MR) is 70.5 cm³/mol. The third-order valence-corrected chi connectivity index (χ3v) is 4.69. The summed E-state index contributed by atoms with van der Waals surface area (Å²) in [5, 5.41) is 8.84. The minimum Gasteiger partial charge on any atom is -0.476 e. The summed E-state index contributed by atoms with van der Waals surface area (Å²) in [6.45, 7) is 1.99. The van der Waals surface area contributed by atoms with Crippen molar-refractivity contribution in [2.75, 3.05) is 0 Å². The highest BCUT2D eigenvalue weighted by molar-refractivity contribution is 9.11. The summed E-state index contributed by atoms with van der Waals surface area (Å²) >= 11 is 6.03. The van der Waals surface area contributed by atoms with Gasteiger partial charge in [-0.25, -0.2) is 4.79 Å². The van der Waals surface area contributed by atoms with E-state index in [1.807, 2.05) is 13.0 Å². The van der Waals surface area contributed by atoms with Gasteiger partial charge in [-0.1, -0.05) is 0 Å². The number of aryl methyl sites for hydroxylation is 1. The van der Waals surface area contributed by atoms with Crippen LogP contribution in [-0.2, 0) is 4.79 Å². The van der Waals surface area contributed by atoms with Gasteiger partial charge in [-0.15, -0.1) is 11.3 Å². The van der Waals surface area contributed by atoms with Crippen molar-refractivity contribution in [2.24, 2.45) is 4.40 Å². The Bertz CT molecular complexity index is 488. The SMILES string of the molecule is Cc1cc(C2=CC(C(=O)O)=NSN2)sc1Br. The molecule has 0 radical (unpaired) electrons. The quantitative estimate of drug-likeness (QED) is 0.823. The molecule has 1 aliphatic rings. The molecule has 0 saturated carbocycles. The van der Waals surface area contributed by atoms with E-state index in [1.165, 1.54) is 6.08 Å². The number of hydrogen-bond donors (Lipinski definition) is 2. The molecule has 0 unspecified atom stereocenters. The lowest BCUT2D eigenvalue weighted by atomic mass is 10.2. The van der Waals surface area contributed by atoms with E-state index in [0.717, 1.165) is 32.1 Å². The highest BCUT2D eigenvalue weighted by Gasteiger charge is 2.16. The molecule has 84 valence electrons. The van der Waals surface area contributed by atoms with E-state index in [0.29, 0.717) is 0 Å². The van der Waals surface area contributed by atoms with Crippen LogP contribution >= 0.6 is 39.4 Å². The van der Waals surface area contributed by atoms with Crippen LogP contribution in [0.15, 0.2) is 20.3 Å². The summed E-state index contributed by atoms with van der Waals surface area (Å²) in [4.78, 5) is 11.8. The standard InChI is InChI=1S/C9H7BrN2O2S2/c1-4-2-7(15-8(4)10)5-3-6(9(13)14)12-16-11-5/h2-3,11H,1H3,(H,13,14). The minimum absolute atomic E-state index is 0.0564. The molecule has 1 aromatic rings. The third-order valence-electron chi connectivity index (χ3n) is 1.92. The molecule has 16 heavy (non-hydrogen) atoms. The topological polar surface area (TPSA) is 61.7 Å². The summed E-state index contributed by atoms with van der Waals surface area (Å²) in [7, 11) is 0. The van der Waals surface area contributed by atoms with Gasteiger partial charge in [0.15, 0.2) is 5.71 Å². The van der Waals surface area contributed by atoms with Gasteiger partial charge in [0.2, 0.25) is 0 Å². The van der Waals surface area contributed by atoms with Crippen LogP contribution in [0.4, 0.5) is 0 Å². The number of nitrogens with one attached hydrogen (secondary N) is 1. The van der Waals surface area contributed by atoms with Crippen LogP contribution in [-0.4, -0.2) is 16.8 Å². The molecule has 0 atom stereocenters. The first kappa shape index (κ1) is 11.7. The Labute approximate surface area is 109 Å². The smallest absolute Gasteiger partial charge is 0.355 e. The molecular formula is C9H7BrN2O2S2. The molecule has 0 amide bonds. The average Bonchev–Trinajstić information content (AvgIpc) is 2.59. The Balaban J connectivity index is 2.35. The van der Waals surface area contributed by atoms with Gasteiger partial charge in [-0.05, 0) is 40.6 Å². The fraction of sp³-hybridized carbons (Fsp3) is 0.111. The molecule has 0 spiro atoms. The Kier molecular flexibility index (Phi) is 3.36. The number of aliphatic carboxylic acids is 1. The van der Waals surface area contributed by atoms with Crippen molar-refractivity contribution in [3.05, 3.63) is 26.4 Å². The lowest BCUT2D eigenvalue weighted by Crippen LogP contribution is -2.16. The molecule has 0 aromatic carbocycles. The number of carbonyl (C=O) groups is 1. The molecule has 2 heterocycles. The van der Waals surface area contributed by atoms with Crippen molar-refractivity contribution in [1.29, 1.82) is 0 Å². The van der Waals surface area contributed by atoms with Crippen LogP contribution in [0.1, 0.15) is 10.4 Å². The van der Waals surface area contributed by atoms with Gasteiger partial charge < -0.3 is 9.83 Å². The van der Waals surface area contributed by atoms with Crippen LogP contribution in [0.2, 0.25) is 0 Å². The van der Waals surface area contributed by atoms with Crippen LogP contribution in [0.5, 0.6) is 0 Å². The zero-order chi connectivity index (χ0) is 11.7. The second-order valence-corrected chi connectivity index (χ2v) is 6.04. The van der Waals surface area contributed by atoms with Gasteiger partial charge >= 0.3 is 5.97 Å². The summed E-state index contributed by atoms with van der Waals surface area (Å²) in [6.07, 6.45) is 1.54. The van der Waals surface area contributed by atoms with Crippen molar-refractivity contribution in [1.82, 2.24) is 4.72 Å². The third kappa shape index (κ3) is 2.31. The van der Waals surface area contributed by atoms with Gasteiger partial charge in [0.05, 0.1) is 26.5 Å². The number of hydrogen-bond acceptors (Lipinski definition) is 5. The van der Waals surface area contributed by atoms with Gasteiger partial charge in [-0.3, -0.25) is 0 Å². The monoisotopic (exact) mass is 318 g/mol. The summed E-state index contributed by atoms with van der Waals surface area (Å²) in [5.74, 6) is -1.01. The van der Waals surface area contributed by atoms with Crippen molar-refractivity contribution in [2.45, 2.75) is 6.92 Å². The number of thiophene rings is 1. The molecule has 0 bridgehead atoms. The Morgan fingerprint density at radius 2 is 2.38 bits per heavy atom. The average molecular weight is 319 g/mol. The van der Waals surface area contributed by atoms with Crippen LogP contribution in [0.25, 0.3) is 5.70 Å². The zero-order valence-electron chi connectivity index (χ0n) is 8.15. The Morgan fingerprint density at radius 3 is 2.94 bits per heavy atom. The number of carboxylic acid groups (broad SMARTS) is 1. The Morgan fingerprint density at radius 1 is 1.62 bits per heavy atom. The van der Waals surface area contributed by atoms with Gasteiger partial charge in [0.1, 0.15) is 0 Å². The van der Waals surface area contributed by atoms with Crippen molar-refractivity contribution in [3.63, 3.8) is 0 Å². The molecule has 2 N–H and O–H groups in total. The highest BCUT2D eigenvalue weighted by atomic mass is 79.9. The Hall–Kier alpha value is -0.790. The van der Waals surface area contributed by atoms with E-state index in [2.05, 4.69) is 25.0 Å². The maximum Gasteiger partial charge on any atom is 0.355 e. The van der Waals surface area contributed by atoms with E-state index in [-0.39, 0.29) is 5.71 Å².